The highest BCUT2D eigenvalue weighted by molar-refractivity contribution is 5.89. The number of rotatable bonds is 8. The molecule has 0 spiro atoms. The number of amides is 2. The SMILES string of the molecule is O=C1CC(C(=O)N(CCN2CCOCC2)Cc2ccco2)CN1Cc1ccccn1. The first-order chi connectivity index (χ1) is 14.7. The molecule has 2 aliphatic rings. The molecule has 2 saturated heterocycles. The average molecular weight is 412 g/mol. The van der Waals surface area contributed by atoms with Crippen LogP contribution >= 0.6 is 0 Å². The van der Waals surface area contributed by atoms with Crippen LogP contribution in [0.4, 0.5) is 0 Å². The first kappa shape index (κ1) is 20.6. The number of hydrogen-bond donors (Lipinski definition) is 0. The van der Waals surface area contributed by atoms with Gasteiger partial charge in [0.1, 0.15) is 5.76 Å². The molecule has 2 aliphatic heterocycles. The third-order valence-electron chi connectivity index (χ3n) is 5.67. The van der Waals surface area contributed by atoms with Crippen molar-refractivity contribution in [2.24, 2.45) is 5.92 Å². The summed E-state index contributed by atoms with van der Waals surface area (Å²) in [6.45, 7) is 5.89. The van der Waals surface area contributed by atoms with Crippen LogP contribution in [0, 0.1) is 5.92 Å². The molecule has 0 saturated carbocycles. The molecular weight excluding hydrogens is 384 g/mol. The number of carbonyl (C=O) groups excluding carboxylic acids is 2. The lowest BCUT2D eigenvalue weighted by Gasteiger charge is -2.30. The van der Waals surface area contributed by atoms with Crippen molar-refractivity contribution < 1.29 is 18.7 Å². The molecule has 8 heteroatoms. The maximum Gasteiger partial charge on any atom is 0.228 e. The molecular formula is C22H28N4O4. The fourth-order valence-electron chi connectivity index (χ4n) is 3.98. The van der Waals surface area contributed by atoms with Crippen LogP contribution in [0.5, 0.6) is 0 Å². The summed E-state index contributed by atoms with van der Waals surface area (Å²) < 4.78 is 10.9. The summed E-state index contributed by atoms with van der Waals surface area (Å²) in [5.74, 6) is 0.433. The summed E-state index contributed by atoms with van der Waals surface area (Å²) in [5.41, 5.74) is 0.832. The van der Waals surface area contributed by atoms with Crippen molar-refractivity contribution in [1.29, 1.82) is 0 Å². The van der Waals surface area contributed by atoms with Crippen LogP contribution in [-0.2, 0) is 27.4 Å². The number of ether oxygens (including phenoxy) is 1. The Balaban J connectivity index is 1.39. The highest BCUT2D eigenvalue weighted by atomic mass is 16.5. The Bertz CT molecular complexity index is 821. The summed E-state index contributed by atoms with van der Waals surface area (Å²) >= 11 is 0. The predicted molar refractivity (Wildman–Crippen MR) is 109 cm³/mol. The van der Waals surface area contributed by atoms with Crippen molar-refractivity contribution in [2.45, 2.75) is 19.5 Å². The molecule has 2 aromatic rings. The van der Waals surface area contributed by atoms with Gasteiger partial charge in [-0.25, -0.2) is 0 Å². The molecule has 4 rings (SSSR count). The molecule has 160 valence electrons. The maximum atomic E-state index is 13.3. The Kier molecular flexibility index (Phi) is 6.76. The van der Waals surface area contributed by atoms with Crippen molar-refractivity contribution in [3.8, 4) is 0 Å². The van der Waals surface area contributed by atoms with E-state index in [1.54, 1.807) is 17.4 Å². The van der Waals surface area contributed by atoms with Gasteiger partial charge in [-0.15, -0.1) is 0 Å². The topological polar surface area (TPSA) is 79.1 Å². The second-order valence-electron chi connectivity index (χ2n) is 7.79. The molecule has 0 N–H and O–H groups in total. The third kappa shape index (κ3) is 5.25. The molecule has 0 aromatic carbocycles. The fraction of sp³-hybridized carbons (Fsp3) is 0.500. The molecule has 4 heterocycles. The second-order valence-corrected chi connectivity index (χ2v) is 7.79. The van der Waals surface area contributed by atoms with E-state index in [2.05, 4.69) is 9.88 Å². The Morgan fingerprint density at radius 2 is 2.07 bits per heavy atom. The first-order valence-electron chi connectivity index (χ1n) is 10.5. The molecule has 30 heavy (non-hydrogen) atoms. The lowest BCUT2D eigenvalue weighted by molar-refractivity contribution is -0.137. The van der Waals surface area contributed by atoms with E-state index in [9.17, 15) is 9.59 Å². The van der Waals surface area contributed by atoms with Crippen molar-refractivity contribution in [2.75, 3.05) is 45.9 Å². The summed E-state index contributed by atoms with van der Waals surface area (Å²) in [7, 11) is 0. The normalized spacial score (nSPS) is 19.9. The lowest BCUT2D eigenvalue weighted by atomic mass is 10.1. The molecule has 1 unspecified atom stereocenters. The standard InChI is InChI=1S/C22H28N4O4/c27-21-14-18(15-26(21)16-19-4-1-2-6-23-19)22(28)25(17-20-5-3-11-30-20)8-7-24-9-12-29-13-10-24/h1-6,11,18H,7-10,12-17H2. The molecule has 0 bridgehead atoms. The number of aromatic nitrogens is 1. The fourth-order valence-corrected chi connectivity index (χ4v) is 3.98. The van der Waals surface area contributed by atoms with Crippen LogP contribution in [0.2, 0.25) is 0 Å². The summed E-state index contributed by atoms with van der Waals surface area (Å²) in [6, 6.07) is 9.36. The highest BCUT2D eigenvalue weighted by Crippen LogP contribution is 2.23. The molecule has 2 amide bonds. The van der Waals surface area contributed by atoms with Gasteiger partial charge in [0.15, 0.2) is 0 Å². The second kappa shape index (κ2) is 9.86. The minimum absolute atomic E-state index is 0.00475. The van der Waals surface area contributed by atoms with Crippen molar-refractivity contribution in [1.82, 2.24) is 19.7 Å². The van der Waals surface area contributed by atoms with E-state index in [-0.39, 0.29) is 24.2 Å². The van der Waals surface area contributed by atoms with E-state index in [0.29, 0.717) is 26.2 Å². The number of pyridine rings is 1. The zero-order valence-electron chi connectivity index (χ0n) is 17.1. The predicted octanol–water partition coefficient (Wildman–Crippen LogP) is 1.38. The number of carbonyl (C=O) groups is 2. The van der Waals surface area contributed by atoms with Crippen molar-refractivity contribution in [3.63, 3.8) is 0 Å². The number of nitrogens with zero attached hydrogens (tertiary/aromatic N) is 4. The van der Waals surface area contributed by atoms with Gasteiger partial charge in [-0.1, -0.05) is 6.07 Å². The Labute approximate surface area is 176 Å². The molecule has 0 radical (unpaired) electrons. The molecule has 2 fully saturated rings. The number of morpholine rings is 1. The van der Waals surface area contributed by atoms with Crippen LogP contribution in [0.1, 0.15) is 17.9 Å². The quantitative estimate of drug-likeness (QED) is 0.652. The first-order valence-corrected chi connectivity index (χ1v) is 10.5. The van der Waals surface area contributed by atoms with Crippen molar-refractivity contribution >= 4 is 11.8 Å². The van der Waals surface area contributed by atoms with Gasteiger partial charge in [-0.05, 0) is 24.3 Å². The number of likely N-dealkylation sites (tertiary alicyclic amines) is 1. The van der Waals surface area contributed by atoms with Gasteiger partial charge in [-0.2, -0.15) is 0 Å². The zero-order chi connectivity index (χ0) is 20.8. The Morgan fingerprint density at radius 3 is 2.80 bits per heavy atom. The third-order valence-corrected chi connectivity index (χ3v) is 5.67. The van der Waals surface area contributed by atoms with Gasteiger partial charge in [0.2, 0.25) is 11.8 Å². The van der Waals surface area contributed by atoms with Gasteiger partial charge in [0.25, 0.3) is 0 Å². The number of furan rings is 1. The summed E-state index contributed by atoms with van der Waals surface area (Å²) in [5, 5.41) is 0. The van der Waals surface area contributed by atoms with Gasteiger partial charge in [0, 0.05) is 45.3 Å². The molecule has 8 nitrogen and oxygen atoms in total. The van der Waals surface area contributed by atoms with Crippen LogP contribution in [0.3, 0.4) is 0 Å². The molecule has 1 atom stereocenters. The lowest BCUT2D eigenvalue weighted by Crippen LogP contribution is -2.44. The Hall–Kier alpha value is -2.71. The van der Waals surface area contributed by atoms with E-state index in [0.717, 1.165) is 44.3 Å². The minimum Gasteiger partial charge on any atom is -0.467 e. The minimum atomic E-state index is -0.333. The molecule has 2 aromatic heterocycles. The van der Waals surface area contributed by atoms with Crippen LogP contribution in [0.25, 0.3) is 0 Å². The average Bonchev–Trinajstić information content (AvgIpc) is 3.42. The summed E-state index contributed by atoms with van der Waals surface area (Å²) in [4.78, 5) is 36.0. The molecule has 0 aliphatic carbocycles. The van der Waals surface area contributed by atoms with E-state index in [1.807, 2.05) is 35.2 Å². The summed E-state index contributed by atoms with van der Waals surface area (Å²) in [6.07, 6.45) is 3.58. The van der Waals surface area contributed by atoms with Crippen LogP contribution in [0.15, 0.2) is 47.2 Å². The highest BCUT2D eigenvalue weighted by Gasteiger charge is 2.37. The smallest absolute Gasteiger partial charge is 0.228 e. The largest absolute Gasteiger partial charge is 0.467 e. The van der Waals surface area contributed by atoms with E-state index < -0.39 is 0 Å². The van der Waals surface area contributed by atoms with Gasteiger partial charge in [0.05, 0.1) is 44.2 Å². The monoisotopic (exact) mass is 412 g/mol. The van der Waals surface area contributed by atoms with E-state index >= 15 is 0 Å². The maximum absolute atomic E-state index is 13.3. The van der Waals surface area contributed by atoms with Crippen LogP contribution in [-0.4, -0.2) is 77.4 Å². The van der Waals surface area contributed by atoms with Crippen LogP contribution < -0.4 is 0 Å². The van der Waals surface area contributed by atoms with Crippen molar-refractivity contribution in [3.05, 3.63) is 54.2 Å². The zero-order valence-corrected chi connectivity index (χ0v) is 17.1. The van der Waals surface area contributed by atoms with Gasteiger partial charge in [-0.3, -0.25) is 19.5 Å². The van der Waals surface area contributed by atoms with E-state index in [1.165, 1.54) is 0 Å². The van der Waals surface area contributed by atoms with Gasteiger partial charge >= 0.3 is 0 Å². The Morgan fingerprint density at radius 1 is 1.20 bits per heavy atom. The number of hydrogen-bond acceptors (Lipinski definition) is 6. The van der Waals surface area contributed by atoms with Gasteiger partial charge < -0.3 is 19.0 Å². The van der Waals surface area contributed by atoms with E-state index in [4.69, 9.17) is 9.15 Å².